The Labute approximate surface area is 71.5 Å². The SMILES string of the molecule is CC(=O)C(=N)C1=C(N)C=CCC1. The first-order chi connectivity index (χ1) is 5.63. The van der Waals surface area contributed by atoms with Crippen LogP contribution in [-0.2, 0) is 4.79 Å². The van der Waals surface area contributed by atoms with Crippen molar-refractivity contribution in [2.75, 3.05) is 0 Å². The average Bonchev–Trinajstić information content (AvgIpc) is 2.04. The summed E-state index contributed by atoms with van der Waals surface area (Å²) in [4.78, 5) is 10.9. The number of hydrogen-bond acceptors (Lipinski definition) is 3. The zero-order valence-corrected chi connectivity index (χ0v) is 7.05. The van der Waals surface area contributed by atoms with E-state index in [-0.39, 0.29) is 11.5 Å². The molecule has 1 rings (SSSR count). The molecular weight excluding hydrogens is 152 g/mol. The van der Waals surface area contributed by atoms with E-state index < -0.39 is 0 Å². The number of Topliss-reactive ketones (excluding diaryl/α,β-unsaturated/α-hetero) is 1. The van der Waals surface area contributed by atoms with Crippen molar-refractivity contribution in [1.82, 2.24) is 0 Å². The predicted molar refractivity (Wildman–Crippen MR) is 48.0 cm³/mol. The van der Waals surface area contributed by atoms with Gasteiger partial charge in [-0.15, -0.1) is 0 Å². The highest BCUT2D eigenvalue weighted by molar-refractivity contribution is 6.44. The molecule has 0 aromatic heterocycles. The Morgan fingerprint density at radius 3 is 2.83 bits per heavy atom. The fourth-order valence-corrected chi connectivity index (χ4v) is 1.16. The van der Waals surface area contributed by atoms with Crippen LogP contribution in [0.15, 0.2) is 23.4 Å². The van der Waals surface area contributed by atoms with Crippen LogP contribution in [0, 0.1) is 5.41 Å². The van der Waals surface area contributed by atoms with Gasteiger partial charge in [0.05, 0.1) is 0 Å². The number of ketones is 1. The largest absolute Gasteiger partial charge is 0.398 e. The first-order valence-electron chi connectivity index (χ1n) is 3.88. The highest BCUT2D eigenvalue weighted by Crippen LogP contribution is 2.16. The van der Waals surface area contributed by atoms with Crippen molar-refractivity contribution in [3.8, 4) is 0 Å². The number of allylic oxidation sites excluding steroid dienone is 3. The summed E-state index contributed by atoms with van der Waals surface area (Å²) in [6, 6.07) is 0. The van der Waals surface area contributed by atoms with Crippen LogP contribution in [0.3, 0.4) is 0 Å². The minimum absolute atomic E-state index is 0.0526. The normalized spacial score (nSPS) is 16.4. The molecule has 0 aliphatic heterocycles. The molecular formula is C9H12N2O. The number of carbonyl (C=O) groups is 1. The maximum Gasteiger partial charge on any atom is 0.177 e. The second kappa shape index (κ2) is 3.34. The molecule has 0 saturated heterocycles. The molecule has 0 aromatic rings. The van der Waals surface area contributed by atoms with E-state index in [9.17, 15) is 4.79 Å². The van der Waals surface area contributed by atoms with Gasteiger partial charge < -0.3 is 5.73 Å². The summed E-state index contributed by atoms with van der Waals surface area (Å²) in [7, 11) is 0. The molecule has 1 aliphatic rings. The zero-order chi connectivity index (χ0) is 9.14. The number of nitrogens with one attached hydrogen (secondary N) is 1. The van der Waals surface area contributed by atoms with E-state index in [4.69, 9.17) is 11.1 Å². The summed E-state index contributed by atoms with van der Waals surface area (Å²) in [5.41, 5.74) is 6.91. The molecule has 64 valence electrons. The van der Waals surface area contributed by atoms with E-state index in [2.05, 4.69) is 0 Å². The van der Waals surface area contributed by atoms with Crippen molar-refractivity contribution in [2.45, 2.75) is 19.8 Å². The molecule has 0 saturated carbocycles. The average molecular weight is 164 g/mol. The van der Waals surface area contributed by atoms with Crippen LogP contribution in [0.5, 0.6) is 0 Å². The Kier molecular flexibility index (Phi) is 2.43. The van der Waals surface area contributed by atoms with E-state index in [1.165, 1.54) is 6.92 Å². The summed E-state index contributed by atoms with van der Waals surface area (Å²) in [6.45, 7) is 1.39. The van der Waals surface area contributed by atoms with Gasteiger partial charge in [-0.3, -0.25) is 10.2 Å². The summed E-state index contributed by atoms with van der Waals surface area (Å²) in [5.74, 6) is -0.219. The van der Waals surface area contributed by atoms with Gasteiger partial charge in [-0.2, -0.15) is 0 Å². The highest BCUT2D eigenvalue weighted by Gasteiger charge is 2.14. The number of rotatable bonds is 2. The molecule has 3 heteroatoms. The van der Waals surface area contributed by atoms with Gasteiger partial charge in [0.25, 0.3) is 0 Å². The maximum atomic E-state index is 10.9. The fourth-order valence-electron chi connectivity index (χ4n) is 1.16. The monoisotopic (exact) mass is 164 g/mol. The molecule has 0 fully saturated rings. The van der Waals surface area contributed by atoms with E-state index in [1.54, 1.807) is 6.08 Å². The molecule has 0 heterocycles. The lowest BCUT2D eigenvalue weighted by molar-refractivity contribution is -0.111. The van der Waals surface area contributed by atoms with Crippen LogP contribution < -0.4 is 5.73 Å². The van der Waals surface area contributed by atoms with Gasteiger partial charge in [0.2, 0.25) is 0 Å². The fraction of sp³-hybridized carbons (Fsp3) is 0.333. The standard InChI is InChI=1S/C9H12N2O/c1-6(12)9(11)7-4-2-3-5-8(7)10/h3,5,11H,2,4,10H2,1H3. The zero-order valence-electron chi connectivity index (χ0n) is 7.05. The van der Waals surface area contributed by atoms with Crippen LogP contribution in [-0.4, -0.2) is 11.5 Å². The molecule has 0 bridgehead atoms. The predicted octanol–water partition coefficient (Wildman–Crippen LogP) is 1.16. The molecule has 0 spiro atoms. The lowest BCUT2D eigenvalue weighted by Crippen LogP contribution is -2.17. The lowest BCUT2D eigenvalue weighted by Gasteiger charge is -2.11. The number of hydrogen-bond donors (Lipinski definition) is 2. The Morgan fingerprint density at radius 2 is 2.33 bits per heavy atom. The molecule has 12 heavy (non-hydrogen) atoms. The van der Waals surface area contributed by atoms with Crippen molar-refractivity contribution in [3.63, 3.8) is 0 Å². The minimum atomic E-state index is -0.219. The molecule has 3 nitrogen and oxygen atoms in total. The van der Waals surface area contributed by atoms with Gasteiger partial charge >= 0.3 is 0 Å². The van der Waals surface area contributed by atoms with E-state index in [0.29, 0.717) is 17.7 Å². The first kappa shape index (κ1) is 8.71. The van der Waals surface area contributed by atoms with Gasteiger partial charge in [0, 0.05) is 18.2 Å². The molecule has 0 atom stereocenters. The first-order valence-corrected chi connectivity index (χ1v) is 3.88. The second-order valence-electron chi connectivity index (χ2n) is 2.81. The molecule has 0 aromatic carbocycles. The summed E-state index contributed by atoms with van der Waals surface area (Å²) in [5, 5.41) is 7.45. The molecule has 3 N–H and O–H groups in total. The maximum absolute atomic E-state index is 10.9. The van der Waals surface area contributed by atoms with E-state index in [1.807, 2.05) is 6.08 Å². The Balaban J connectivity index is 2.93. The summed E-state index contributed by atoms with van der Waals surface area (Å²) < 4.78 is 0. The van der Waals surface area contributed by atoms with Crippen molar-refractivity contribution in [3.05, 3.63) is 23.4 Å². The Morgan fingerprint density at radius 1 is 1.67 bits per heavy atom. The van der Waals surface area contributed by atoms with Crippen molar-refractivity contribution < 1.29 is 4.79 Å². The van der Waals surface area contributed by atoms with Crippen molar-refractivity contribution >= 4 is 11.5 Å². The Hall–Kier alpha value is -1.38. The van der Waals surface area contributed by atoms with Gasteiger partial charge in [-0.1, -0.05) is 6.08 Å². The van der Waals surface area contributed by atoms with Crippen molar-refractivity contribution in [1.29, 1.82) is 5.41 Å². The Bertz CT molecular complexity index is 287. The molecule has 0 unspecified atom stereocenters. The summed E-state index contributed by atoms with van der Waals surface area (Å²) in [6.07, 6.45) is 5.29. The van der Waals surface area contributed by atoms with E-state index >= 15 is 0 Å². The molecule has 1 aliphatic carbocycles. The lowest BCUT2D eigenvalue weighted by atomic mass is 9.96. The van der Waals surface area contributed by atoms with E-state index in [0.717, 1.165) is 6.42 Å². The third kappa shape index (κ3) is 1.61. The van der Waals surface area contributed by atoms with Crippen LogP contribution in [0.2, 0.25) is 0 Å². The second-order valence-corrected chi connectivity index (χ2v) is 2.81. The summed E-state index contributed by atoms with van der Waals surface area (Å²) >= 11 is 0. The van der Waals surface area contributed by atoms with Gasteiger partial charge in [-0.05, 0) is 18.9 Å². The molecule has 0 radical (unpaired) electrons. The van der Waals surface area contributed by atoms with Gasteiger partial charge in [-0.25, -0.2) is 0 Å². The highest BCUT2D eigenvalue weighted by atomic mass is 16.1. The van der Waals surface area contributed by atoms with Crippen LogP contribution in [0.25, 0.3) is 0 Å². The molecule has 0 amide bonds. The van der Waals surface area contributed by atoms with Crippen molar-refractivity contribution in [2.24, 2.45) is 5.73 Å². The number of nitrogens with two attached hydrogens (primary N) is 1. The smallest absolute Gasteiger partial charge is 0.177 e. The van der Waals surface area contributed by atoms with Gasteiger partial charge in [0.15, 0.2) is 5.78 Å². The quantitative estimate of drug-likeness (QED) is 0.601. The van der Waals surface area contributed by atoms with Crippen LogP contribution in [0.4, 0.5) is 0 Å². The third-order valence-corrected chi connectivity index (χ3v) is 1.86. The van der Waals surface area contributed by atoms with Gasteiger partial charge in [0.1, 0.15) is 5.71 Å². The number of carbonyl (C=O) groups excluding carboxylic acids is 1. The minimum Gasteiger partial charge on any atom is -0.398 e. The van der Waals surface area contributed by atoms with Crippen LogP contribution >= 0.6 is 0 Å². The third-order valence-electron chi connectivity index (χ3n) is 1.86. The van der Waals surface area contributed by atoms with Crippen LogP contribution in [0.1, 0.15) is 19.8 Å². The topological polar surface area (TPSA) is 66.9 Å².